The van der Waals surface area contributed by atoms with Crippen LogP contribution in [0.4, 0.5) is 0 Å². The van der Waals surface area contributed by atoms with Gasteiger partial charge in [-0.15, -0.1) is 0 Å². The molecule has 0 N–H and O–H groups in total. The minimum Gasteiger partial charge on any atom is -0.333 e. The second kappa shape index (κ2) is 10.5. The van der Waals surface area contributed by atoms with Crippen molar-refractivity contribution in [3.63, 3.8) is 0 Å². The molecule has 5 nitrogen and oxygen atoms in total. The van der Waals surface area contributed by atoms with Crippen molar-refractivity contribution in [2.75, 3.05) is 6.54 Å². The molecular weight excluding hydrogens is 434 g/mol. The molecule has 0 spiro atoms. The molecule has 1 saturated carbocycles. The third-order valence-electron chi connectivity index (χ3n) is 6.72. The molecule has 0 bridgehead atoms. The SMILES string of the molecule is CCCCCCN(C(=O)C1CCC1)C(C)c1nc2ccccc2c(=O)n1-c1ccc(Cl)cc1. The summed E-state index contributed by atoms with van der Waals surface area (Å²) in [6.07, 6.45) is 7.36. The van der Waals surface area contributed by atoms with Crippen molar-refractivity contribution >= 4 is 28.4 Å². The van der Waals surface area contributed by atoms with Crippen LogP contribution in [0.25, 0.3) is 16.6 Å². The molecule has 1 aromatic heterocycles. The van der Waals surface area contributed by atoms with Crippen molar-refractivity contribution in [2.24, 2.45) is 5.92 Å². The zero-order valence-corrected chi connectivity index (χ0v) is 20.2. The quantitative estimate of drug-likeness (QED) is 0.348. The van der Waals surface area contributed by atoms with Crippen LogP contribution < -0.4 is 5.56 Å². The van der Waals surface area contributed by atoms with Crippen LogP contribution in [0.1, 0.15) is 70.7 Å². The number of amides is 1. The van der Waals surface area contributed by atoms with Gasteiger partial charge in [-0.1, -0.05) is 56.3 Å². The zero-order chi connectivity index (χ0) is 23.4. The topological polar surface area (TPSA) is 55.2 Å². The first-order chi connectivity index (χ1) is 16.0. The van der Waals surface area contributed by atoms with E-state index in [1.54, 1.807) is 22.8 Å². The molecular formula is C27H32ClN3O2. The van der Waals surface area contributed by atoms with Crippen LogP contribution in [0.2, 0.25) is 5.02 Å². The molecule has 0 radical (unpaired) electrons. The number of aromatic nitrogens is 2. The Morgan fingerprint density at radius 1 is 1.12 bits per heavy atom. The Morgan fingerprint density at radius 3 is 2.52 bits per heavy atom. The first kappa shape index (κ1) is 23.5. The number of carbonyl (C=O) groups is 1. The number of hydrogen-bond donors (Lipinski definition) is 0. The van der Waals surface area contributed by atoms with Gasteiger partial charge in [0.05, 0.1) is 22.6 Å². The van der Waals surface area contributed by atoms with E-state index in [2.05, 4.69) is 6.92 Å². The summed E-state index contributed by atoms with van der Waals surface area (Å²) in [5, 5.41) is 1.16. The summed E-state index contributed by atoms with van der Waals surface area (Å²) < 4.78 is 1.65. The number of rotatable bonds is 9. The number of halogens is 1. The van der Waals surface area contributed by atoms with E-state index in [1.165, 1.54) is 0 Å². The first-order valence-corrected chi connectivity index (χ1v) is 12.5. The molecule has 1 fully saturated rings. The number of fused-ring (bicyclic) bond motifs is 1. The zero-order valence-electron chi connectivity index (χ0n) is 19.5. The highest BCUT2D eigenvalue weighted by atomic mass is 35.5. The Hall–Kier alpha value is -2.66. The number of benzene rings is 2. The summed E-state index contributed by atoms with van der Waals surface area (Å²) >= 11 is 6.11. The van der Waals surface area contributed by atoms with Crippen molar-refractivity contribution < 1.29 is 4.79 Å². The molecule has 33 heavy (non-hydrogen) atoms. The maximum absolute atomic E-state index is 13.6. The second-order valence-corrected chi connectivity index (χ2v) is 9.44. The van der Waals surface area contributed by atoms with E-state index in [0.717, 1.165) is 44.9 Å². The first-order valence-electron chi connectivity index (χ1n) is 12.1. The molecule has 2 aromatic carbocycles. The van der Waals surface area contributed by atoms with Gasteiger partial charge in [-0.05, 0) is 62.6 Å². The lowest BCUT2D eigenvalue weighted by molar-refractivity contribution is -0.140. The van der Waals surface area contributed by atoms with Crippen LogP contribution >= 0.6 is 11.6 Å². The summed E-state index contributed by atoms with van der Waals surface area (Å²) in [7, 11) is 0. The van der Waals surface area contributed by atoms with Gasteiger partial charge in [-0.3, -0.25) is 14.2 Å². The fraction of sp³-hybridized carbons (Fsp3) is 0.444. The van der Waals surface area contributed by atoms with Gasteiger partial charge in [0.1, 0.15) is 5.82 Å². The van der Waals surface area contributed by atoms with Gasteiger partial charge in [0.15, 0.2) is 0 Å². The molecule has 1 amide bonds. The van der Waals surface area contributed by atoms with E-state index >= 15 is 0 Å². The van der Waals surface area contributed by atoms with Gasteiger partial charge in [0.25, 0.3) is 5.56 Å². The predicted octanol–water partition coefficient (Wildman–Crippen LogP) is 6.31. The maximum atomic E-state index is 13.6. The van der Waals surface area contributed by atoms with Gasteiger partial charge in [-0.2, -0.15) is 0 Å². The number of carbonyl (C=O) groups excluding carboxylic acids is 1. The number of nitrogens with zero attached hydrogens (tertiary/aromatic N) is 3. The molecule has 1 aliphatic rings. The molecule has 4 rings (SSSR count). The van der Waals surface area contributed by atoms with E-state index in [0.29, 0.717) is 34.0 Å². The van der Waals surface area contributed by atoms with Gasteiger partial charge in [0.2, 0.25) is 5.91 Å². The lowest BCUT2D eigenvalue weighted by Gasteiger charge is -2.36. The summed E-state index contributed by atoms with van der Waals surface area (Å²) in [5.41, 5.74) is 1.22. The van der Waals surface area contributed by atoms with E-state index in [4.69, 9.17) is 16.6 Å². The summed E-state index contributed by atoms with van der Waals surface area (Å²) in [6, 6.07) is 14.3. The number of unbranched alkanes of at least 4 members (excludes halogenated alkanes) is 3. The Morgan fingerprint density at radius 2 is 1.85 bits per heavy atom. The molecule has 1 aliphatic carbocycles. The van der Waals surface area contributed by atoms with Gasteiger partial charge in [-0.25, -0.2) is 4.98 Å². The number of para-hydroxylation sites is 1. The monoisotopic (exact) mass is 465 g/mol. The van der Waals surface area contributed by atoms with Gasteiger partial charge in [0, 0.05) is 17.5 Å². The minimum absolute atomic E-state index is 0.0924. The highest BCUT2D eigenvalue weighted by molar-refractivity contribution is 6.30. The Balaban J connectivity index is 1.80. The Labute approximate surface area is 200 Å². The molecule has 0 saturated heterocycles. The highest BCUT2D eigenvalue weighted by Gasteiger charge is 2.33. The normalized spacial score (nSPS) is 14.8. The smallest absolute Gasteiger partial charge is 0.266 e. The average molecular weight is 466 g/mol. The predicted molar refractivity (Wildman–Crippen MR) is 134 cm³/mol. The van der Waals surface area contributed by atoms with Gasteiger partial charge >= 0.3 is 0 Å². The van der Waals surface area contributed by atoms with E-state index in [9.17, 15) is 9.59 Å². The average Bonchev–Trinajstić information content (AvgIpc) is 2.78. The van der Waals surface area contributed by atoms with E-state index in [1.807, 2.05) is 42.2 Å². The second-order valence-electron chi connectivity index (χ2n) is 9.00. The van der Waals surface area contributed by atoms with Crippen molar-refractivity contribution in [3.05, 3.63) is 69.7 Å². The molecule has 1 heterocycles. The van der Waals surface area contributed by atoms with Crippen molar-refractivity contribution in [3.8, 4) is 5.69 Å². The summed E-state index contributed by atoms with van der Waals surface area (Å²) in [4.78, 5) is 33.9. The van der Waals surface area contributed by atoms with Crippen LogP contribution in [-0.2, 0) is 4.79 Å². The van der Waals surface area contributed by atoms with Crippen molar-refractivity contribution in [1.29, 1.82) is 0 Å². The largest absolute Gasteiger partial charge is 0.333 e. The van der Waals surface area contributed by atoms with E-state index < -0.39 is 0 Å². The fourth-order valence-electron chi connectivity index (χ4n) is 4.50. The van der Waals surface area contributed by atoms with E-state index in [-0.39, 0.29) is 23.4 Å². The lowest BCUT2D eigenvalue weighted by atomic mass is 9.84. The lowest BCUT2D eigenvalue weighted by Crippen LogP contribution is -2.42. The molecule has 1 unspecified atom stereocenters. The molecule has 3 aromatic rings. The molecule has 6 heteroatoms. The van der Waals surface area contributed by atoms with Crippen LogP contribution in [0, 0.1) is 5.92 Å². The Bertz CT molecular complexity index is 1170. The van der Waals surface area contributed by atoms with Crippen LogP contribution in [0.5, 0.6) is 0 Å². The number of hydrogen-bond acceptors (Lipinski definition) is 3. The highest BCUT2D eigenvalue weighted by Crippen LogP contribution is 2.32. The fourth-order valence-corrected chi connectivity index (χ4v) is 4.63. The summed E-state index contributed by atoms with van der Waals surface area (Å²) in [5.74, 6) is 0.870. The Kier molecular flexibility index (Phi) is 7.49. The maximum Gasteiger partial charge on any atom is 0.266 e. The third-order valence-corrected chi connectivity index (χ3v) is 6.97. The van der Waals surface area contributed by atoms with Crippen molar-refractivity contribution in [2.45, 2.75) is 64.8 Å². The molecule has 174 valence electrons. The minimum atomic E-state index is -0.326. The molecule has 1 atom stereocenters. The van der Waals surface area contributed by atoms with Crippen LogP contribution in [0.15, 0.2) is 53.3 Å². The van der Waals surface area contributed by atoms with Crippen molar-refractivity contribution in [1.82, 2.24) is 14.5 Å². The van der Waals surface area contributed by atoms with Crippen LogP contribution in [-0.4, -0.2) is 26.9 Å². The summed E-state index contributed by atoms with van der Waals surface area (Å²) in [6.45, 7) is 4.86. The molecule has 0 aliphatic heterocycles. The van der Waals surface area contributed by atoms with Crippen LogP contribution in [0.3, 0.4) is 0 Å². The standard InChI is InChI=1S/C27H32ClN3O2/c1-3-4-5-8-18-30(26(32)20-10-9-11-20)19(2)25-29-24-13-7-6-12-23(24)27(33)31(25)22-16-14-21(28)15-17-22/h6-7,12-17,19-20H,3-5,8-11,18H2,1-2H3. The van der Waals surface area contributed by atoms with Gasteiger partial charge < -0.3 is 4.90 Å². The third kappa shape index (κ3) is 4.98.